The Labute approximate surface area is 182 Å². The van der Waals surface area contributed by atoms with E-state index in [-0.39, 0.29) is 13.2 Å². The number of carbonyl (C=O) groups is 2. The molecule has 7 heteroatoms. The summed E-state index contributed by atoms with van der Waals surface area (Å²) in [5, 5.41) is 2.57. The highest BCUT2D eigenvalue weighted by molar-refractivity contribution is 14.1. The van der Waals surface area contributed by atoms with Gasteiger partial charge in [0.25, 0.3) is 0 Å². The summed E-state index contributed by atoms with van der Waals surface area (Å²) < 4.78 is 22.2. The molecule has 152 valence electrons. The molecule has 0 saturated carbocycles. The van der Waals surface area contributed by atoms with Gasteiger partial charge < -0.3 is 18.9 Å². The minimum absolute atomic E-state index is 0.274. The topological polar surface area (TPSA) is 71.1 Å². The van der Waals surface area contributed by atoms with Crippen molar-refractivity contribution in [2.45, 2.75) is 26.7 Å². The quantitative estimate of drug-likeness (QED) is 0.165. The molecule has 0 aromatic heterocycles. The normalized spacial score (nSPS) is 10.7. The fraction of sp³-hybridized carbons (Fsp3) is 0.273. The molecule has 0 atom stereocenters. The van der Waals surface area contributed by atoms with Crippen LogP contribution in [-0.4, -0.2) is 25.5 Å². The number of carbonyl (C=O) groups excluding carboxylic acids is 2. The van der Waals surface area contributed by atoms with Crippen LogP contribution in [0.1, 0.15) is 26.7 Å². The highest BCUT2D eigenvalue weighted by Crippen LogP contribution is 2.44. The maximum atomic E-state index is 12.2. The van der Waals surface area contributed by atoms with E-state index in [0.29, 0.717) is 45.9 Å². The minimum atomic E-state index is -0.770. The van der Waals surface area contributed by atoms with Crippen LogP contribution in [0, 0.1) is 3.57 Å². The Hall–Kier alpha value is -2.55. The zero-order chi connectivity index (χ0) is 20.8. The van der Waals surface area contributed by atoms with Gasteiger partial charge in [-0.15, -0.1) is 0 Å². The lowest BCUT2D eigenvalue weighted by atomic mass is 10.0. The third kappa shape index (κ3) is 4.72. The summed E-state index contributed by atoms with van der Waals surface area (Å²) in [6.45, 7) is 4.36. The van der Waals surface area contributed by atoms with Gasteiger partial charge in [-0.25, -0.2) is 9.59 Å². The van der Waals surface area contributed by atoms with Crippen LogP contribution in [0.25, 0.3) is 21.5 Å². The monoisotopic (exact) mass is 508 g/mol. The van der Waals surface area contributed by atoms with E-state index in [4.69, 9.17) is 18.9 Å². The van der Waals surface area contributed by atoms with E-state index >= 15 is 0 Å². The molecule has 0 aliphatic rings. The molecule has 0 aliphatic heterocycles. The third-order valence-electron chi connectivity index (χ3n) is 4.12. The van der Waals surface area contributed by atoms with Crippen molar-refractivity contribution in [2.75, 3.05) is 13.2 Å². The molecule has 0 bridgehead atoms. The van der Waals surface area contributed by atoms with Crippen molar-refractivity contribution in [3.8, 4) is 11.5 Å². The Morgan fingerprint density at radius 2 is 1.28 bits per heavy atom. The highest BCUT2D eigenvalue weighted by atomic mass is 127. The van der Waals surface area contributed by atoms with Crippen LogP contribution < -0.4 is 9.47 Å². The van der Waals surface area contributed by atoms with Crippen LogP contribution in [0.2, 0.25) is 0 Å². The minimum Gasteiger partial charge on any atom is -0.434 e. The standard InChI is InChI=1S/C22H21IO6/c1-3-12-26-21(24)28-19-14-8-5-6-9-15(14)20(29-22(25)27-13-4-2)18-16(19)10-7-11-17(18)23/h5-11H,3-4,12-13H2,1-2H3. The third-order valence-corrected chi connectivity index (χ3v) is 5.02. The zero-order valence-electron chi connectivity index (χ0n) is 16.2. The van der Waals surface area contributed by atoms with Crippen molar-refractivity contribution < 1.29 is 28.5 Å². The van der Waals surface area contributed by atoms with Gasteiger partial charge in [0.2, 0.25) is 0 Å². The van der Waals surface area contributed by atoms with Crippen LogP contribution in [0.5, 0.6) is 11.5 Å². The maximum absolute atomic E-state index is 12.2. The van der Waals surface area contributed by atoms with E-state index in [1.807, 2.05) is 50.2 Å². The smallest absolute Gasteiger partial charge is 0.434 e. The Bertz CT molecular complexity index is 1050. The van der Waals surface area contributed by atoms with Crippen LogP contribution in [0.4, 0.5) is 9.59 Å². The molecule has 3 aromatic carbocycles. The SMILES string of the molecule is CCCOC(=O)Oc1c2ccccc2c(OC(=O)OCCC)c2c(I)cccc12. The van der Waals surface area contributed by atoms with E-state index in [0.717, 1.165) is 3.57 Å². The molecule has 3 aromatic rings. The van der Waals surface area contributed by atoms with Crippen molar-refractivity contribution in [1.29, 1.82) is 0 Å². The predicted octanol–water partition coefficient (Wildman–Crippen LogP) is 6.45. The number of hydrogen-bond acceptors (Lipinski definition) is 6. The molecule has 0 amide bonds. The average Bonchev–Trinajstić information content (AvgIpc) is 2.73. The van der Waals surface area contributed by atoms with Crippen LogP contribution in [0.3, 0.4) is 0 Å². The Balaban J connectivity index is 2.19. The van der Waals surface area contributed by atoms with E-state index in [1.165, 1.54) is 0 Å². The number of halogens is 1. The summed E-state index contributed by atoms with van der Waals surface area (Å²) >= 11 is 2.16. The lowest BCUT2D eigenvalue weighted by Crippen LogP contribution is -2.13. The van der Waals surface area contributed by atoms with Crippen molar-refractivity contribution in [3.63, 3.8) is 0 Å². The molecule has 0 unspecified atom stereocenters. The lowest BCUT2D eigenvalue weighted by molar-refractivity contribution is 0.0984. The summed E-state index contributed by atoms with van der Waals surface area (Å²) in [6.07, 6.45) is -0.149. The number of rotatable bonds is 6. The number of ether oxygens (including phenoxy) is 4. The molecule has 3 rings (SSSR count). The number of hydrogen-bond donors (Lipinski definition) is 0. The van der Waals surface area contributed by atoms with Gasteiger partial charge in [0, 0.05) is 25.1 Å². The fourth-order valence-electron chi connectivity index (χ4n) is 2.92. The zero-order valence-corrected chi connectivity index (χ0v) is 18.4. The first-order valence-electron chi connectivity index (χ1n) is 9.38. The summed E-state index contributed by atoms with van der Waals surface area (Å²) in [4.78, 5) is 24.4. The molecule has 0 aliphatic carbocycles. The Kier molecular flexibility index (Phi) is 7.13. The van der Waals surface area contributed by atoms with E-state index in [1.54, 1.807) is 6.07 Å². The van der Waals surface area contributed by atoms with Gasteiger partial charge in [0.05, 0.1) is 13.2 Å². The predicted molar refractivity (Wildman–Crippen MR) is 119 cm³/mol. The van der Waals surface area contributed by atoms with Crippen molar-refractivity contribution in [2.24, 2.45) is 0 Å². The lowest BCUT2D eigenvalue weighted by Gasteiger charge is -2.17. The molecular formula is C22H21IO6. The molecule has 0 saturated heterocycles. The second-order valence-corrected chi connectivity index (χ2v) is 7.43. The second kappa shape index (κ2) is 9.78. The molecule has 6 nitrogen and oxygen atoms in total. The van der Waals surface area contributed by atoms with Gasteiger partial charge in [-0.2, -0.15) is 0 Å². The van der Waals surface area contributed by atoms with Gasteiger partial charge in [0.15, 0.2) is 11.5 Å². The second-order valence-electron chi connectivity index (χ2n) is 6.27. The summed E-state index contributed by atoms with van der Waals surface area (Å²) in [5.74, 6) is 0.737. The molecular weight excluding hydrogens is 487 g/mol. The molecule has 0 fully saturated rings. The molecule has 0 radical (unpaired) electrons. The summed E-state index contributed by atoms with van der Waals surface area (Å²) in [6, 6.07) is 12.8. The van der Waals surface area contributed by atoms with Gasteiger partial charge in [-0.05, 0) is 41.5 Å². The molecule has 0 N–H and O–H groups in total. The summed E-state index contributed by atoms with van der Waals surface area (Å²) in [5.41, 5.74) is 0. The summed E-state index contributed by atoms with van der Waals surface area (Å²) in [7, 11) is 0. The van der Waals surface area contributed by atoms with E-state index < -0.39 is 12.3 Å². The fourth-order valence-corrected chi connectivity index (χ4v) is 3.66. The van der Waals surface area contributed by atoms with Crippen molar-refractivity contribution in [1.82, 2.24) is 0 Å². The Morgan fingerprint density at radius 3 is 1.86 bits per heavy atom. The first-order valence-corrected chi connectivity index (χ1v) is 10.5. The van der Waals surface area contributed by atoms with Crippen LogP contribution in [0.15, 0.2) is 42.5 Å². The van der Waals surface area contributed by atoms with E-state index in [2.05, 4.69) is 22.6 Å². The Morgan fingerprint density at radius 1 is 0.759 bits per heavy atom. The van der Waals surface area contributed by atoms with E-state index in [9.17, 15) is 9.59 Å². The number of fused-ring (bicyclic) bond motifs is 2. The van der Waals surface area contributed by atoms with Gasteiger partial charge >= 0.3 is 12.3 Å². The highest BCUT2D eigenvalue weighted by Gasteiger charge is 2.22. The van der Waals surface area contributed by atoms with Crippen LogP contribution >= 0.6 is 22.6 Å². The average molecular weight is 508 g/mol. The van der Waals surface area contributed by atoms with Crippen molar-refractivity contribution >= 4 is 56.4 Å². The van der Waals surface area contributed by atoms with Gasteiger partial charge in [-0.3, -0.25) is 0 Å². The molecule has 29 heavy (non-hydrogen) atoms. The first-order chi connectivity index (χ1) is 14.1. The molecule has 0 heterocycles. The maximum Gasteiger partial charge on any atom is 0.513 e. The van der Waals surface area contributed by atoms with Crippen molar-refractivity contribution in [3.05, 3.63) is 46.0 Å². The number of benzene rings is 3. The van der Waals surface area contributed by atoms with Gasteiger partial charge in [-0.1, -0.05) is 50.2 Å². The van der Waals surface area contributed by atoms with Crippen LogP contribution in [-0.2, 0) is 9.47 Å². The largest absolute Gasteiger partial charge is 0.513 e. The van der Waals surface area contributed by atoms with Gasteiger partial charge in [0.1, 0.15) is 0 Å². The molecule has 0 spiro atoms. The first kappa shape index (κ1) is 21.2.